The molecule has 18 heavy (non-hydrogen) atoms. The zero-order chi connectivity index (χ0) is 14.3. The van der Waals surface area contributed by atoms with Crippen LogP contribution in [0.4, 0.5) is 0 Å². The molecule has 0 nitrogen and oxygen atoms in total. The molecule has 0 bridgehead atoms. The summed E-state index contributed by atoms with van der Waals surface area (Å²) in [4.78, 5) is 0. The van der Waals surface area contributed by atoms with Crippen molar-refractivity contribution in [3.05, 3.63) is 0 Å². The SMILES string of the molecule is CCC(C)C(C)C(C)C(CC)C(C)C(CC)CC. The van der Waals surface area contributed by atoms with Gasteiger partial charge in [-0.05, 0) is 35.5 Å². The molecule has 0 aliphatic heterocycles. The molecule has 0 heterocycles. The fourth-order valence-electron chi connectivity index (χ4n) is 3.88. The van der Waals surface area contributed by atoms with Gasteiger partial charge in [0, 0.05) is 0 Å². The highest BCUT2D eigenvalue weighted by Gasteiger charge is 2.31. The maximum absolute atomic E-state index is 2.51. The van der Waals surface area contributed by atoms with Crippen LogP contribution in [0.1, 0.15) is 81.1 Å². The summed E-state index contributed by atoms with van der Waals surface area (Å²) in [6.07, 6.45) is 5.36. The molecule has 0 amide bonds. The van der Waals surface area contributed by atoms with Crippen LogP contribution in [0.3, 0.4) is 0 Å². The van der Waals surface area contributed by atoms with E-state index in [0.29, 0.717) is 0 Å². The smallest absolute Gasteiger partial charge is 0.0360 e. The third-order valence-corrected chi connectivity index (χ3v) is 5.99. The topological polar surface area (TPSA) is 0 Å². The van der Waals surface area contributed by atoms with Crippen molar-refractivity contribution < 1.29 is 0 Å². The van der Waals surface area contributed by atoms with Gasteiger partial charge in [-0.1, -0.05) is 81.1 Å². The van der Waals surface area contributed by atoms with Gasteiger partial charge in [0.15, 0.2) is 0 Å². The van der Waals surface area contributed by atoms with Gasteiger partial charge in [0.05, 0.1) is 0 Å². The third-order valence-electron chi connectivity index (χ3n) is 5.99. The molecule has 0 saturated heterocycles. The first-order valence-corrected chi connectivity index (χ1v) is 8.44. The fraction of sp³-hybridized carbons (Fsp3) is 1.00. The van der Waals surface area contributed by atoms with E-state index >= 15 is 0 Å². The minimum atomic E-state index is 0.858. The Labute approximate surface area is 117 Å². The van der Waals surface area contributed by atoms with E-state index in [2.05, 4.69) is 55.4 Å². The Hall–Kier alpha value is 0. The lowest BCUT2D eigenvalue weighted by atomic mass is 9.67. The van der Waals surface area contributed by atoms with E-state index in [1.807, 2.05) is 0 Å². The Morgan fingerprint density at radius 3 is 1.39 bits per heavy atom. The lowest BCUT2D eigenvalue weighted by molar-refractivity contribution is 0.112. The van der Waals surface area contributed by atoms with E-state index in [9.17, 15) is 0 Å². The van der Waals surface area contributed by atoms with E-state index in [4.69, 9.17) is 0 Å². The van der Waals surface area contributed by atoms with E-state index < -0.39 is 0 Å². The average molecular weight is 255 g/mol. The molecular weight excluding hydrogens is 216 g/mol. The summed E-state index contributed by atoms with van der Waals surface area (Å²) in [7, 11) is 0. The van der Waals surface area contributed by atoms with Crippen molar-refractivity contribution in [1.82, 2.24) is 0 Å². The van der Waals surface area contributed by atoms with Crippen LogP contribution in [0.15, 0.2) is 0 Å². The molecule has 0 aromatic rings. The predicted molar refractivity (Wildman–Crippen MR) is 84.8 cm³/mol. The van der Waals surface area contributed by atoms with Crippen molar-refractivity contribution in [2.45, 2.75) is 81.1 Å². The molecule has 0 heteroatoms. The van der Waals surface area contributed by atoms with E-state index in [0.717, 1.165) is 35.5 Å². The summed E-state index contributed by atoms with van der Waals surface area (Å²) in [5.74, 6) is 5.28. The molecule has 0 fully saturated rings. The van der Waals surface area contributed by atoms with Crippen molar-refractivity contribution >= 4 is 0 Å². The quantitative estimate of drug-likeness (QED) is 0.446. The maximum Gasteiger partial charge on any atom is -0.0360 e. The molecule has 5 atom stereocenters. The molecule has 5 unspecified atom stereocenters. The normalized spacial score (nSPS) is 20.5. The van der Waals surface area contributed by atoms with Crippen LogP contribution in [0, 0.1) is 35.5 Å². The first-order valence-electron chi connectivity index (χ1n) is 8.44. The highest BCUT2D eigenvalue weighted by Crippen LogP contribution is 2.38. The molecule has 0 aliphatic carbocycles. The Kier molecular flexibility index (Phi) is 8.99. The van der Waals surface area contributed by atoms with E-state index in [1.54, 1.807) is 0 Å². The van der Waals surface area contributed by atoms with Gasteiger partial charge in [-0.15, -0.1) is 0 Å². The summed E-state index contributed by atoms with van der Waals surface area (Å²) < 4.78 is 0. The van der Waals surface area contributed by atoms with Gasteiger partial charge in [0.25, 0.3) is 0 Å². The molecule has 110 valence electrons. The first kappa shape index (κ1) is 18.0. The summed E-state index contributed by atoms with van der Waals surface area (Å²) >= 11 is 0. The van der Waals surface area contributed by atoms with Crippen molar-refractivity contribution in [3.63, 3.8) is 0 Å². The van der Waals surface area contributed by atoms with Crippen LogP contribution in [-0.4, -0.2) is 0 Å². The van der Waals surface area contributed by atoms with Gasteiger partial charge < -0.3 is 0 Å². The Morgan fingerprint density at radius 1 is 0.556 bits per heavy atom. The van der Waals surface area contributed by atoms with Gasteiger partial charge in [0.1, 0.15) is 0 Å². The second-order valence-corrected chi connectivity index (χ2v) is 6.61. The van der Waals surface area contributed by atoms with Crippen LogP contribution >= 0.6 is 0 Å². The molecule has 0 aliphatic rings. The van der Waals surface area contributed by atoms with Crippen LogP contribution in [0.2, 0.25) is 0 Å². The van der Waals surface area contributed by atoms with Crippen molar-refractivity contribution in [1.29, 1.82) is 0 Å². The molecule has 0 aromatic heterocycles. The maximum atomic E-state index is 2.51. The average Bonchev–Trinajstić information content (AvgIpc) is 2.38. The second-order valence-electron chi connectivity index (χ2n) is 6.61. The zero-order valence-corrected chi connectivity index (χ0v) is 14.3. The molecule has 0 radical (unpaired) electrons. The first-order chi connectivity index (χ1) is 8.44. The Balaban J connectivity index is 4.74. The predicted octanol–water partition coefficient (Wildman–Crippen LogP) is 6.40. The number of hydrogen-bond donors (Lipinski definition) is 0. The molecule has 0 spiro atoms. The van der Waals surface area contributed by atoms with Gasteiger partial charge in [-0.25, -0.2) is 0 Å². The minimum Gasteiger partial charge on any atom is -0.0651 e. The van der Waals surface area contributed by atoms with Crippen LogP contribution < -0.4 is 0 Å². The Morgan fingerprint density at radius 2 is 1.06 bits per heavy atom. The zero-order valence-electron chi connectivity index (χ0n) is 14.3. The third kappa shape index (κ3) is 4.59. The lowest BCUT2D eigenvalue weighted by Gasteiger charge is -2.38. The molecule has 0 aromatic carbocycles. The monoisotopic (exact) mass is 254 g/mol. The largest absolute Gasteiger partial charge is 0.0651 e. The highest BCUT2D eigenvalue weighted by molar-refractivity contribution is 4.80. The van der Waals surface area contributed by atoms with Crippen LogP contribution in [0.5, 0.6) is 0 Å². The molecular formula is C18H38. The van der Waals surface area contributed by atoms with E-state index in [-0.39, 0.29) is 0 Å². The summed E-state index contributed by atoms with van der Waals surface area (Å²) in [5, 5.41) is 0. The van der Waals surface area contributed by atoms with Crippen LogP contribution in [-0.2, 0) is 0 Å². The van der Waals surface area contributed by atoms with Gasteiger partial charge in [-0.2, -0.15) is 0 Å². The lowest BCUT2D eigenvalue weighted by Crippen LogP contribution is -2.31. The number of hydrogen-bond acceptors (Lipinski definition) is 0. The van der Waals surface area contributed by atoms with Gasteiger partial charge >= 0.3 is 0 Å². The summed E-state index contributed by atoms with van der Waals surface area (Å²) in [6.45, 7) is 19.4. The van der Waals surface area contributed by atoms with Gasteiger partial charge in [0.2, 0.25) is 0 Å². The summed E-state index contributed by atoms with van der Waals surface area (Å²) in [6, 6.07) is 0. The standard InChI is InChI=1S/C18H38/c1-9-13(5)14(6)15(7)18(12-4)16(8)17(10-2)11-3/h13-18H,9-12H2,1-8H3. The van der Waals surface area contributed by atoms with Crippen molar-refractivity contribution in [2.75, 3.05) is 0 Å². The highest BCUT2D eigenvalue weighted by atomic mass is 14.4. The van der Waals surface area contributed by atoms with Crippen LogP contribution in [0.25, 0.3) is 0 Å². The molecule has 0 N–H and O–H groups in total. The fourth-order valence-corrected chi connectivity index (χ4v) is 3.88. The minimum absolute atomic E-state index is 0.858. The Bertz CT molecular complexity index is 192. The second kappa shape index (κ2) is 8.99. The van der Waals surface area contributed by atoms with E-state index in [1.165, 1.54) is 25.7 Å². The molecule has 0 rings (SSSR count). The number of rotatable bonds is 9. The van der Waals surface area contributed by atoms with Gasteiger partial charge in [-0.3, -0.25) is 0 Å². The summed E-state index contributed by atoms with van der Waals surface area (Å²) in [5.41, 5.74) is 0. The molecule has 0 saturated carbocycles. The van der Waals surface area contributed by atoms with Crippen molar-refractivity contribution in [3.8, 4) is 0 Å². The van der Waals surface area contributed by atoms with Crippen molar-refractivity contribution in [2.24, 2.45) is 35.5 Å².